The highest BCUT2D eigenvalue weighted by Crippen LogP contribution is 2.22. The van der Waals surface area contributed by atoms with E-state index in [0.29, 0.717) is 6.42 Å². The molecule has 0 unspecified atom stereocenters. The average molecular weight is 297 g/mol. The number of likely N-dealkylation sites (tertiary alicyclic amines) is 1. The molecule has 1 amide bonds. The normalized spacial score (nSPS) is 15.9. The summed E-state index contributed by atoms with van der Waals surface area (Å²) in [4.78, 5) is 30.3. The van der Waals surface area contributed by atoms with Crippen LogP contribution in [-0.4, -0.2) is 59.0 Å². The number of carboxylic acid groups (broad SMARTS) is 1. The number of amides is 1. The molecule has 2 rings (SSSR count). The minimum atomic E-state index is -0.729. The van der Waals surface area contributed by atoms with Crippen LogP contribution in [0.3, 0.4) is 0 Å². The molecule has 20 heavy (non-hydrogen) atoms. The zero-order valence-electron chi connectivity index (χ0n) is 11.7. The maximum absolute atomic E-state index is 11.6. The molecule has 1 aliphatic heterocycles. The first-order valence-electron chi connectivity index (χ1n) is 6.51. The van der Waals surface area contributed by atoms with Crippen LogP contribution in [-0.2, 0) is 22.6 Å². The molecule has 0 spiro atoms. The minimum Gasteiger partial charge on any atom is -0.481 e. The van der Waals surface area contributed by atoms with Crippen molar-refractivity contribution >= 4 is 23.2 Å². The van der Waals surface area contributed by atoms with Crippen LogP contribution in [0.15, 0.2) is 5.38 Å². The van der Waals surface area contributed by atoms with Gasteiger partial charge in [0, 0.05) is 39.1 Å². The highest BCUT2D eigenvalue weighted by atomic mass is 32.1. The maximum Gasteiger partial charge on any atom is 0.303 e. The molecule has 0 atom stereocenters. The summed E-state index contributed by atoms with van der Waals surface area (Å²) < 4.78 is 0. The highest BCUT2D eigenvalue weighted by molar-refractivity contribution is 7.09. The second-order valence-electron chi connectivity index (χ2n) is 5.36. The van der Waals surface area contributed by atoms with Gasteiger partial charge in [-0.05, 0) is 5.92 Å². The maximum atomic E-state index is 11.6. The summed E-state index contributed by atoms with van der Waals surface area (Å²) in [6, 6.07) is 0. The van der Waals surface area contributed by atoms with Crippen molar-refractivity contribution in [2.24, 2.45) is 5.92 Å². The van der Waals surface area contributed by atoms with Crippen molar-refractivity contribution in [3.05, 3.63) is 16.1 Å². The van der Waals surface area contributed by atoms with Gasteiger partial charge in [-0.2, -0.15) is 0 Å². The Morgan fingerprint density at radius 3 is 2.80 bits per heavy atom. The quantitative estimate of drug-likeness (QED) is 0.836. The number of hydrogen-bond donors (Lipinski definition) is 1. The molecular weight excluding hydrogens is 278 g/mol. The van der Waals surface area contributed by atoms with Crippen molar-refractivity contribution in [1.29, 1.82) is 0 Å². The molecule has 1 saturated heterocycles. The van der Waals surface area contributed by atoms with Crippen LogP contribution in [0.2, 0.25) is 0 Å². The third-order valence-electron chi connectivity index (χ3n) is 3.28. The molecular formula is C13H19N3O3S. The second-order valence-corrected chi connectivity index (χ2v) is 6.30. The summed E-state index contributed by atoms with van der Waals surface area (Å²) in [5.41, 5.74) is 0.963. The number of nitrogens with zero attached hydrogens (tertiary/aromatic N) is 3. The van der Waals surface area contributed by atoms with Crippen molar-refractivity contribution in [3.8, 4) is 0 Å². The van der Waals surface area contributed by atoms with Gasteiger partial charge in [0.2, 0.25) is 5.91 Å². The molecule has 110 valence electrons. The van der Waals surface area contributed by atoms with Gasteiger partial charge >= 0.3 is 5.97 Å². The Morgan fingerprint density at radius 2 is 2.20 bits per heavy atom. The predicted molar refractivity (Wildman–Crippen MR) is 75.5 cm³/mol. The van der Waals surface area contributed by atoms with Crippen molar-refractivity contribution in [3.63, 3.8) is 0 Å². The van der Waals surface area contributed by atoms with Gasteiger partial charge in [-0.1, -0.05) is 0 Å². The summed E-state index contributed by atoms with van der Waals surface area (Å²) in [5, 5.41) is 11.5. The molecule has 0 saturated carbocycles. The van der Waals surface area contributed by atoms with E-state index in [-0.39, 0.29) is 18.2 Å². The monoisotopic (exact) mass is 297 g/mol. The fourth-order valence-electron chi connectivity index (χ4n) is 2.20. The van der Waals surface area contributed by atoms with Crippen LogP contribution in [0, 0.1) is 5.92 Å². The van der Waals surface area contributed by atoms with Crippen molar-refractivity contribution in [2.45, 2.75) is 19.4 Å². The van der Waals surface area contributed by atoms with Gasteiger partial charge in [0.05, 0.1) is 18.5 Å². The Bertz CT molecular complexity index is 495. The molecule has 0 bridgehead atoms. The first-order valence-corrected chi connectivity index (χ1v) is 7.39. The molecule has 1 aromatic rings. The topological polar surface area (TPSA) is 73.7 Å². The minimum absolute atomic E-state index is 0.0522. The average Bonchev–Trinajstić information content (AvgIpc) is 2.73. The van der Waals surface area contributed by atoms with Gasteiger partial charge in [-0.3, -0.25) is 14.5 Å². The van der Waals surface area contributed by atoms with E-state index < -0.39 is 5.97 Å². The van der Waals surface area contributed by atoms with E-state index in [9.17, 15) is 9.59 Å². The fourth-order valence-corrected chi connectivity index (χ4v) is 2.98. The van der Waals surface area contributed by atoms with Crippen LogP contribution in [0.4, 0.5) is 0 Å². The lowest BCUT2D eigenvalue weighted by molar-refractivity contribution is -0.139. The number of carbonyl (C=O) groups is 2. The van der Waals surface area contributed by atoms with Gasteiger partial charge in [0.15, 0.2) is 0 Å². The Hall–Kier alpha value is -1.47. The predicted octanol–water partition coefficient (Wildman–Crippen LogP) is 0.680. The number of rotatable bonds is 6. The second kappa shape index (κ2) is 6.32. The summed E-state index contributed by atoms with van der Waals surface area (Å²) in [5.74, 6) is -0.412. The molecule has 1 fully saturated rings. The third-order valence-corrected chi connectivity index (χ3v) is 4.18. The lowest BCUT2D eigenvalue weighted by atomic mass is 9.96. The van der Waals surface area contributed by atoms with Crippen LogP contribution in [0.25, 0.3) is 0 Å². The zero-order valence-corrected chi connectivity index (χ0v) is 12.5. The van der Waals surface area contributed by atoms with Gasteiger partial charge in [-0.25, -0.2) is 4.98 Å². The van der Waals surface area contributed by atoms with E-state index in [0.717, 1.165) is 30.3 Å². The number of carboxylic acids is 1. The van der Waals surface area contributed by atoms with Crippen LogP contribution in [0.5, 0.6) is 0 Å². The molecule has 7 heteroatoms. The third kappa shape index (κ3) is 4.01. The molecule has 0 aliphatic carbocycles. The van der Waals surface area contributed by atoms with Gasteiger partial charge < -0.3 is 10.0 Å². The fraction of sp³-hybridized carbons (Fsp3) is 0.615. The number of thiazole rings is 1. The largest absolute Gasteiger partial charge is 0.481 e. The van der Waals surface area contributed by atoms with Gasteiger partial charge in [0.1, 0.15) is 5.01 Å². The SMILES string of the molecule is CN(C)C(=O)Cc1nc(CN2CC(CC(=O)O)C2)cs1. The first kappa shape index (κ1) is 14.9. The summed E-state index contributed by atoms with van der Waals surface area (Å²) in [7, 11) is 3.47. The van der Waals surface area contributed by atoms with Gasteiger partial charge in [-0.15, -0.1) is 11.3 Å². The Balaban J connectivity index is 1.77. The van der Waals surface area contributed by atoms with Crippen LogP contribution < -0.4 is 0 Å². The summed E-state index contributed by atoms with van der Waals surface area (Å²) in [6.45, 7) is 2.37. The molecule has 1 aromatic heterocycles. The molecule has 6 nitrogen and oxygen atoms in total. The molecule has 1 aliphatic rings. The highest BCUT2D eigenvalue weighted by Gasteiger charge is 2.28. The smallest absolute Gasteiger partial charge is 0.303 e. The molecule has 0 radical (unpaired) electrons. The zero-order chi connectivity index (χ0) is 14.7. The number of aromatic nitrogens is 1. The molecule has 0 aromatic carbocycles. The van der Waals surface area contributed by atoms with E-state index in [1.807, 2.05) is 5.38 Å². The Labute approximate surface area is 122 Å². The van der Waals surface area contributed by atoms with Crippen LogP contribution >= 0.6 is 11.3 Å². The Morgan fingerprint density at radius 1 is 1.50 bits per heavy atom. The van der Waals surface area contributed by atoms with Gasteiger partial charge in [0.25, 0.3) is 0 Å². The van der Waals surface area contributed by atoms with Crippen molar-refractivity contribution < 1.29 is 14.7 Å². The lowest BCUT2D eigenvalue weighted by Crippen LogP contribution is -2.46. The van der Waals surface area contributed by atoms with E-state index in [4.69, 9.17) is 5.11 Å². The Kier molecular flexibility index (Phi) is 4.72. The number of carbonyl (C=O) groups excluding carboxylic acids is 1. The van der Waals surface area contributed by atoms with E-state index in [1.54, 1.807) is 19.0 Å². The van der Waals surface area contributed by atoms with E-state index >= 15 is 0 Å². The first-order chi connectivity index (χ1) is 9.44. The standard InChI is InChI=1S/C13H19N3O3S/c1-15(2)12(17)4-11-14-10(8-20-11)7-16-5-9(6-16)3-13(18)19/h8-9H,3-7H2,1-2H3,(H,18,19). The molecule has 2 heterocycles. The van der Waals surface area contributed by atoms with E-state index in [1.165, 1.54) is 11.3 Å². The van der Waals surface area contributed by atoms with Crippen LogP contribution in [0.1, 0.15) is 17.1 Å². The molecule has 1 N–H and O–H groups in total. The summed E-state index contributed by atoms with van der Waals surface area (Å²) >= 11 is 1.50. The summed E-state index contributed by atoms with van der Waals surface area (Å²) in [6.07, 6.45) is 0.593. The van der Waals surface area contributed by atoms with Crippen molar-refractivity contribution in [1.82, 2.24) is 14.8 Å². The van der Waals surface area contributed by atoms with E-state index in [2.05, 4.69) is 9.88 Å². The number of aliphatic carboxylic acids is 1. The number of likely N-dealkylation sites (N-methyl/N-ethyl adjacent to an activating group) is 1. The van der Waals surface area contributed by atoms with Crippen molar-refractivity contribution in [2.75, 3.05) is 27.2 Å². The lowest BCUT2D eigenvalue weighted by Gasteiger charge is -2.38. The number of hydrogen-bond acceptors (Lipinski definition) is 5.